The monoisotopic (exact) mass is 330 g/mol. The molecule has 0 aliphatic rings. The van der Waals surface area contributed by atoms with Gasteiger partial charge in [0.1, 0.15) is 11.6 Å². The number of aromatic hydroxyl groups is 1. The maximum atomic E-state index is 14.1. The summed E-state index contributed by atoms with van der Waals surface area (Å²) in [4.78, 5) is 11.6. The molecular formula is C16H15FN4O3. The number of carbonyl (C=O) groups is 1. The second-order valence-electron chi connectivity index (χ2n) is 4.70. The standard InChI is InChI=1S/C16H15FN4O3/c1-24-15(23)9-5-6-13(17)12(7-9)11-4-2-3-10(14(11)22)8-20-21-16(18)19/h2-8,22H,1H3,(H4,18,19,21). The Morgan fingerprint density at radius 3 is 2.67 bits per heavy atom. The molecule has 124 valence electrons. The number of nitrogens with zero attached hydrogens (tertiary/aromatic N) is 2. The number of phenolic OH excluding ortho intramolecular Hbond substituents is 1. The summed E-state index contributed by atoms with van der Waals surface area (Å²) in [5.41, 5.74) is 11.0. The zero-order valence-corrected chi connectivity index (χ0v) is 12.7. The van der Waals surface area contributed by atoms with Crippen LogP contribution >= 0.6 is 0 Å². The molecule has 0 fully saturated rings. The summed E-state index contributed by atoms with van der Waals surface area (Å²) in [5.74, 6) is -1.68. The highest BCUT2D eigenvalue weighted by molar-refractivity contribution is 5.93. The number of methoxy groups -OCH3 is 1. The number of para-hydroxylation sites is 1. The van der Waals surface area contributed by atoms with E-state index in [1.165, 1.54) is 31.5 Å². The van der Waals surface area contributed by atoms with Gasteiger partial charge in [-0.1, -0.05) is 12.1 Å². The number of guanidine groups is 1. The Balaban J connectivity index is 2.52. The van der Waals surface area contributed by atoms with Crippen molar-refractivity contribution in [2.45, 2.75) is 0 Å². The van der Waals surface area contributed by atoms with Gasteiger partial charge in [0, 0.05) is 16.7 Å². The number of nitrogens with two attached hydrogens (primary N) is 2. The van der Waals surface area contributed by atoms with Gasteiger partial charge in [0.05, 0.1) is 18.9 Å². The van der Waals surface area contributed by atoms with Crippen LogP contribution in [0.4, 0.5) is 4.39 Å². The number of phenols is 1. The number of hydrogen-bond acceptors (Lipinski definition) is 5. The molecule has 0 atom stereocenters. The zero-order chi connectivity index (χ0) is 17.7. The number of hydrogen-bond donors (Lipinski definition) is 3. The lowest BCUT2D eigenvalue weighted by Gasteiger charge is -2.09. The molecule has 0 heterocycles. The smallest absolute Gasteiger partial charge is 0.337 e. The van der Waals surface area contributed by atoms with Gasteiger partial charge in [0.25, 0.3) is 0 Å². The normalized spacial score (nSPS) is 10.6. The first-order valence-corrected chi connectivity index (χ1v) is 6.76. The highest BCUT2D eigenvalue weighted by atomic mass is 19.1. The van der Waals surface area contributed by atoms with Crippen LogP contribution in [0.3, 0.4) is 0 Å². The minimum Gasteiger partial charge on any atom is -0.507 e. The van der Waals surface area contributed by atoms with E-state index in [9.17, 15) is 14.3 Å². The summed E-state index contributed by atoms with van der Waals surface area (Å²) in [6.45, 7) is 0. The molecule has 0 aromatic heterocycles. The van der Waals surface area contributed by atoms with Crippen molar-refractivity contribution in [1.29, 1.82) is 0 Å². The number of ether oxygens (including phenoxy) is 1. The minimum absolute atomic E-state index is 0.0486. The predicted octanol–water partition coefficient (Wildman–Crippen LogP) is 1.59. The SMILES string of the molecule is COC(=O)c1ccc(F)c(-c2cccc(C=NN=C(N)N)c2O)c1. The Labute approximate surface area is 137 Å². The van der Waals surface area contributed by atoms with Crippen LogP contribution in [0.2, 0.25) is 0 Å². The van der Waals surface area contributed by atoms with Crippen LogP contribution < -0.4 is 11.5 Å². The molecule has 0 unspecified atom stereocenters. The first kappa shape index (κ1) is 16.9. The average Bonchev–Trinajstić information content (AvgIpc) is 2.56. The Morgan fingerprint density at radius 2 is 2.00 bits per heavy atom. The number of carbonyl (C=O) groups excluding carboxylic acids is 1. The minimum atomic E-state index is -0.610. The molecule has 2 aromatic rings. The summed E-state index contributed by atoms with van der Waals surface area (Å²) < 4.78 is 18.8. The fourth-order valence-corrected chi connectivity index (χ4v) is 2.02. The van der Waals surface area contributed by atoms with Crippen molar-refractivity contribution in [3.8, 4) is 16.9 Å². The van der Waals surface area contributed by atoms with Crippen LogP contribution in [0, 0.1) is 5.82 Å². The summed E-state index contributed by atoms with van der Waals surface area (Å²) >= 11 is 0. The van der Waals surface area contributed by atoms with Crippen LogP contribution in [0.5, 0.6) is 5.75 Å². The van der Waals surface area contributed by atoms with E-state index in [4.69, 9.17) is 11.5 Å². The molecule has 0 radical (unpaired) electrons. The van der Waals surface area contributed by atoms with E-state index in [1.807, 2.05) is 0 Å². The van der Waals surface area contributed by atoms with Crippen molar-refractivity contribution in [1.82, 2.24) is 0 Å². The molecule has 0 amide bonds. The molecule has 0 saturated heterocycles. The van der Waals surface area contributed by atoms with Gasteiger partial charge >= 0.3 is 5.97 Å². The molecule has 7 nitrogen and oxygen atoms in total. The van der Waals surface area contributed by atoms with Gasteiger partial charge in [-0.3, -0.25) is 0 Å². The Bertz CT molecular complexity index is 830. The third kappa shape index (κ3) is 3.67. The van der Waals surface area contributed by atoms with E-state index in [0.717, 1.165) is 6.07 Å². The second kappa shape index (κ2) is 7.23. The third-order valence-electron chi connectivity index (χ3n) is 3.11. The maximum absolute atomic E-state index is 14.1. The quantitative estimate of drug-likeness (QED) is 0.340. The second-order valence-corrected chi connectivity index (χ2v) is 4.70. The van der Waals surface area contributed by atoms with Crippen molar-refractivity contribution < 1.29 is 19.0 Å². The topological polar surface area (TPSA) is 123 Å². The molecule has 24 heavy (non-hydrogen) atoms. The van der Waals surface area contributed by atoms with E-state index in [0.29, 0.717) is 0 Å². The molecule has 0 aliphatic carbocycles. The first-order chi connectivity index (χ1) is 11.4. The van der Waals surface area contributed by atoms with Crippen molar-refractivity contribution in [3.63, 3.8) is 0 Å². The molecule has 5 N–H and O–H groups in total. The van der Waals surface area contributed by atoms with Crippen molar-refractivity contribution in [2.24, 2.45) is 21.7 Å². The van der Waals surface area contributed by atoms with E-state index in [-0.39, 0.29) is 34.0 Å². The van der Waals surface area contributed by atoms with Gasteiger partial charge in [0.15, 0.2) is 0 Å². The summed E-state index contributed by atoms with van der Waals surface area (Å²) in [7, 11) is 1.23. The van der Waals surface area contributed by atoms with E-state index >= 15 is 0 Å². The molecule has 8 heteroatoms. The maximum Gasteiger partial charge on any atom is 0.337 e. The lowest BCUT2D eigenvalue weighted by molar-refractivity contribution is 0.0600. The fourth-order valence-electron chi connectivity index (χ4n) is 2.02. The number of halogens is 1. The summed E-state index contributed by atoms with van der Waals surface area (Å²) in [6.07, 6.45) is 1.22. The average molecular weight is 330 g/mol. The van der Waals surface area contributed by atoms with Gasteiger partial charge in [-0.15, -0.1) is 5.10 Å². The molecule has 0 bridgehead atoms. The van der Waals surface area contributed by atoms with Gasteiger partial charge in [-0.25, -0.2) is 9.18 Å². The van der Waals surface area contributed by atoms with Gasteiger partial charge in [0.2, 0.25) is 5.96 Å². The summed E-state index contributed by atoms with van der Waals surface area (Å²) in [6, 6.07) is 8.37. The van der Waals surface area contributed by atoms with Gasteiger partial charge < -0.3 is 21.3 Å². The lowest BCUT2D eigenvalue weighted by atomic mass is 9.99. The lowest BCUT2D eigenvalue weighted by Crippen LogP contribution is -2.21. The molecule has 0 saturated carbocycles. The molecule has 0 aliphatic heterocycles. The van der Waals surface area contributed by atoms with E-state index in [2.05, 4.69) is 14.9 Å². The number of esters is 1. The fraction of sp³-hybridized carbons (Fsp3) is 0.0625. The molecule has 2 rings (SSSR count). The third-order valence-corrected chi connectivity index (χ3v) is 3.11. The largest absolute Gasteiger partial charge is 0.507 e. The van der Waals surface area contributed by atoms with Crippen LogP contribution in [0.25, 0.3) is 11.1 Å². The summed E-state index contributed by atoms with van der Waals surface area (Å²) in [5, 5.41) is 17.4. The predicted molar refractivity (Wildman–Crippen MR) is 88.2 cm³/mol. The Hall–Kier alpha value is -3.42. The Morgan fingerprint density at radius 1 is 1.25 bits per heavy atom. The Kier molecular flexibility index (Phi) is 5.10. The number of rotatable bonds is 4. The van der Waals surface area contributed by atoms with Crippen LogP contribution in [-0.2, 0) is 4.74 Å². The van der Waals surface area contributed by atoms with Crippen LogP contribution in [0.15, 0.2) is 46.6 Å². The van der Waals surface area contributed by atoms with Gasteiger partial charge in [-0.05, 0) is 24.3 Å². The van der Waals surface area contributed by atoms with Crippen LogP contribution in [-0.4, -0.2) is 30.4 Å². The van der Waals surface area contributed by atoms with Crippen LogP contribution in [0.1, 0.15) is 15.9 Å². The molecular weight excluding hydrogens is 315 g/mol. The molecule has 2 aromatic carbocycles. The van der Waals surface area contributed by atoms with E-state index < -0.39 is 11.8 Å². The van der Waals surface area contributed by atoms with Crippen molar-refractivity contribution >= 4 is 18.1 Å². The zero-order valence-electron chi connectivity index (χ0n) is 12.7. The highest BCUT2D eigenvalue weighted by Crippen LogP contribution is 2.33. The highest BCUT2D eigenvalue weighted by Gasteiger charge is 2.15. The first-order valence-electron chi connectivity index (χ1n) is 6.76. The van der Waals surface area contributed by atoms with Crippen molar-refractivity contribution in [2.75, 3.05) is 7.11 Å². The molecule has 0 spiro atoms. The van der Waals surface area contributed by atoms with Gasteiger partial charge in [-0.2, -0.15) is 5.10 Å². The van der Waals surface area contributed by atoms with E-state index in [1.54, 1.807) is 12.1 Å². The number of benzene rings is 2. The van der Waals surface area contributed by atoms with Crippen molar-refractivity contribution in [3.05, 3.63) is 53.3 Å².